The van der Waals surface area contributed by atoms with E-state index in [9.17, 15) is 0 Å². The van der Waals surface area contributed by atoms with Gasteiger partial charge in [0, 0.05) is 13.6 Å². The van der Waals surface area contributed by atoms with Crippen molar-refractivity contribution >= 4 is 11.8 Å². The van der Waals surface area contributed by atoms with Crippen molar-refractivity contribution in [2.75, 3.05) is 18.6 Å². The standard InChI is InChI=1S/C13H25N3S/c1-12-10-13(16(2)15-12)11-14-8-6-4-5-7-9-17-3/h10,14H,4-9,11H2,1-3H3. The Labute approximate surface area is 109 Å². The largest absolute Gasteiger partial charge is 0.311 e. The molecule has 1 rings (SSSR count). The fourth-order valence-corrected chi connectivity index (χ4v) is 2.39. The van der Waals surface area contributed by atoms with E-state index >= 15 is 0 Å². The Bertz CT molecular complexity index is 310. The van der Waals surface area contributed by atoms with Crippen LogP contribution in [-0.4, -0.2) is 28.3 Å². The second-order valence-electron chi connectivity index (χ2n) is 4.48. The molecule has 0 aromatic carbocycles. The molecule has 0 fully saturated rings. The van der Waals surface area contributed by atoms with Crippen LogP contribution in [0.2, 0.25) is 0 Å². The van der Waals surface area contributed by atoms with Gasteiger partial charge >= 0.3 is 0 Å². The minimum atomic E-state index is 0.933. The summed E-state index contributed by atoms with van der Waals surface area (Å²) < 4.78 is 1.96. The first-order valence-corrected chi connectivity index (χ1v) is 7.82. The van der Waals surface area contributed by atoms with Crippen LogP contribution in [0.4, 0.5) is 0 Å². The highest BCUT2D eigenvalue weighted by Gasteiger charge is 2.00. The zero-order valence-electron chi connectivity index (χ0n) is 11.3. The molecule has 17 heavy (non-hydrogen) atoms. The molecule has 1 heterocycles. The SMILES string of the molecule is CSCCCCCCNCc1cc(C)nn1C. The number of hydrogen-bond acceptors (Lipinski definition) is 3. The van der Waals surface area contributed by atoms with Gasteiger partial charge in [0.15, 0.2) is 0 Å². The lowest BCUT2D eigenvalue weighted by atomic mass is 10.2. The Morgan fingerprint density at radius 3 is 2.71 bits per heavy atom. The van der Waals surface area contributed by atoms with Crippen LogP contribution in [0.3, 0.4) is 0 Å². The summed E-state index contributed by atoms with van der Waals surface area (Å²) in [5.74, 6) is 1.31. The molecular formula is C13H25N3S. The molecule has 0 unspecified atom stereocenters. The van der Waals surface area contributed by atoms with Crippen molar-refractivity contribution in [1.29, 1.82) is 0 Å². The number of thioether (sulfide) groups is 1. The first-order chi connectivity index (χ1) is 8.24. The highest BCUT2D eigenvalue weighted by molar-refractivity contribution is 7.98. The average molecular weight is 255 g/mol. The highest BCUT2D eigenvalue weighted by Crippen LogP contribution is 2.04. The van der Waals surface area contributed by atoms with Crippen molar-refractivity contribution < 1.29 is 0 Å². The van der Waals surface area contributed by atoms with Gasteiger partial charge in [0.05, 0.1) is 11.4 Å². The topological polar surface area (TPSA) is 29.9 Å². The Morgan fingerprint density at radius 2 is 2.06 bits per heavy atom. The second kappa shape index (κ2) is 8.59. The number of rotatable bonds is 9. The van der Waals surface area contributed by atoms with E-state index < -0.39 is 0 Å². The lowest BCUT2D eigenvalue weighted by Gasteiger charge is -2.05. The molecule has 0 aliphatic rings. The van der Waals surface area contributed by atoms with Crippen LogP contribution in [-0.2, 0) is 13.6 Å². The molecule has 1 aromatic heterocycles. The lowest BCUT2D eigenvalue weighted by molar-refractivity contribution is 0.577. The number of nitrogens with one attached hydrogen (secondary N) is 1. The minimum Gasteiger partial charge on any atom is -0.311 e. The Balaban J connectivity index is 1.99. The molecule has 0 aliphatic heterocycles. The first kappa shape index (κ1) is 14.6. The average Bonchev–Trinajstić information content (AvgIpc) is 2.61. The van der Waals surface area contributed by atoms with Crippen molar-refractivity contribution in [3.63, 3.8) is 0 Å². The van der Waals surface area contributed by atoms with Crippen molar-refractivity contribution in [2.45, 2.75) is 39.2 Å². The maximum absolute atomic E-state index is 4.33. The van der Waals surface area contributed by atoms with Gasteiger partial charge in [-0.15, -0.1) is 0 Å². The van der Waals surface area contributed by atoms with Gasteiger partial charge in [0.25, 0.3) is 0 Å². The number of aryl methyl sites for hydroxylation is 2. The maximum Gasteiger partial charge on any atom is 0.0597 e. The van der Waals surface area contributed by atoms with Gasteiger partial charge in [-0.3, -0.25) is 4.68 Å². The normalized spacial score (nSPS) is 11.0. The smallest absolute Gasteiger partial charge is 0.0597 e. The summed E-state index contributed by atoms with van der Waals surface area (Å²) in [5, 5.41) is 7.81. The van der Waals surface area contributed by atoms with E-state index in [1.165, 1.54) is 37.1 Å². The highest BCUT2D eigenvalue weighted by atomic mass is 32.2. The summed E-state index contributed by atoms with van der Waals surface area (Å²) in [6, 6.07) is 2.14. The van der Waals surface area contributed by atoms with Gasteiger partial charge in [-0.1, -0.05) is 12.8 Å². The molecular weight excluding hydrogens is 230 g/mol. The van der Waals surface area contributed by atoms with Crippen molar-refractivity contribution in [2.24, 2.45) is 7.05 Å². The number of unbranched alkanes of at least 4 members (excludes halogenated alkanes) is 3. The summed E-state index contributed by atoms with van der Waals surface area (Å²) in [6.45, 7) is 4.08. The quantitative estimate of drug-likeness (QED) is 0.688. The van der Waals surface area contributed by atoms with Crippen molar-refractivity contribution in [1.82, 2.24) is 15.1 Å². The van der Waals surface area contributed by atoms with E-state index in [1.807, 2.05) is 30.4 Å². The maximum atomic E-state index is 4.33. The van der Waals surface area contributed by atoms with Gasteiger partial charge in [0.2, 0.25) is 0 Å². The van der Waals surface area contributed by atoms with Gasteiger partial charge in [0.1, 0.15) is 0 Å². The van der Waals surface area contributed by atoms with Gasteiger partial charge in [-0.2, -0.15) is 16.9 Å². The van der Waals surface area contributed by atoms with Crippen molar-refractivity contribution in [3.8, 4) is 0 Å². The summed E-state index contributed by atoms with van der Waals surface area (Å²) in [6.07, 6.45) is 7.54. The molecule has 3 nitrogen and oxygen atoms in total. The molecule has 1 N–H and O–H groups in total. The predicted octanol–water partition coefficient (Wildman–Crippen LogP) is 2.74. The van der Waals surface area contributed by atoms with E-state index in [0.29, 0.717) is 0 Å². The third-order valence-corrected chi connectivity index (χ3v) is 3.55. The van der Waals surface area contributed by atoms with Crippen LogP contribution in [0.15, 0.2) is 6.07 Å². The molecule has 0 saturated carbocycles. The predicted molar refractivity (Wildman–Crippen MR) is 76.5 cm³/mol. The fraction of sp³-hybridized carbons (Fsp3) is 0.769. The monoisotopic (exact) mass is 255 g/mol. The summed E-state index contributed by atoms with van der Waals surface area (Å²) in [7, 11) is 2.01. The molecule has 0 bridgehead atoms. The molecule has 1 aromatic rings. The van der Waals surface area contributed by atoms with Crippen LogP contribution >= 0.6 is 11.8 Å². The van der Waals surface area contributed by atoms with Crippen LogP contribution in [0.25, 0.3) is 0 Å². The first-order valence-electron chi connectivity index (χ1n) is 6.43. The molecule has 0 spiro atoms. The molecule has 0 saturated heterocycles. The Kier molecular flexibility index (Phi) is 7.37. The van der Waals surface area contributed by atoms with Crippen LogP contribution in [0, 0.1) is 6.92 Å². The summed E-state index contributed by atoms with van der Waals surface area (Å²) in [5.41, 5.74) is 2.37. The van der Waals surface area contributed by atoms with E-state index in [4.69, 9.17) is 0 Å². The summed E-state index contributed by atoms with van der Waals surface area (Å²) in [4.78, 5) is 0. The van der Waals surface area contributed by atoms with Crippen molar-refractivity contribution in [3.05, 3.63) is 17.5 Å². The number of aromatic nitrogens is 2. The van der Waals surface area contributed by atoms with Crippen LogP contribution in [0.5, 0.6) is 0 Å². The lowest BCUT2D eigenvalue weighted by Crippen LogP contribution is -2.16. The summed E-state index contributed by atoms with van der Waals surface area (Å²) >= 11 is 1.95. The van der Waals surface area contributed by atoms with Crippen LogP contribution < -0.4 is 5.32 Å². The molecule has 0 atom stereocenters. The molecule has 98 valence electrons. The second-order valence-corrected chi connectivity index (χ2v) is 5.47. The zero-order valence-corrected chi connectivity index (χ0v) is 12.1. The number of nitrogens with zero attached hydrogens (tertiary/aromatic N) is 2. The van der Waals surface area contributed by atoms with E-state index in [-0.39, 0.29) is 0 Å². The third-order valence-electron chi connectivity index (χ3n) is 2.86. The van der Waals surface area contributed by atoms with E-state index in [1.54, 1.807) is 0 Å². The molecule has 4 heteroatoms. The van der Waals surface area contributed by atoms with Gasteiger partial charge < -0.3 is 5.32 Å². The van der Waals surface area contributed by atoms with Gasteiger partial charge in [-0.25, -0.2) is 0 Å². The van der Waals surface area contributed by atoms with Gasteiger partial charge in [-0.05, 0) is 44.4 Å². The number of hydrogen-bond donors (Lipinski definition) is 1. The molecule has 0 radical (unpaired) electrons. The minimum absolute atomic E-state index is 0.933. The van der Waals surface area contributed by atoms with Crippen LogP contribution in [0.1, 0.15) is 37.1 Å². The zero-order chi connectivity index (χ0) is 12.5. The molecule has 0 aliphatic carbocycles. The third kappa shape index (κ3) is 6.13. The Hall–Kier alpha value is -0.480. The Morgan fingerprint density at radius 1 is 1.29 bits per heavy atom. The van der Waals surface area contributed by atoms with E-state index in [2.05, 4.69) is 22.7 Å². The fourth-order valence-electron chi connectivity index (χ4n) is 1.90. The van der Waals surface area contributed by atoms with E-state index in [0.717, 1.165) is 18.8 Å². The molecule has 0 amide bonds.